The van der Waals surface area contributed by atoms with E-state index in [1.54, 1.807) is 13.3 Å². The van der Waals surface area contributed by atoms with Gasteiger partial charge < -0.3 is 10.1 Å². The zero-order chi connectivity index (χ0) is 16.8. The summed E-state index contributed by atoms with van der Waals surface area (Å²) in [6, 6.07) is 2.41. The van der Waals surface area contributed by atoms with Crippen LogP contribution in [0.4, 0.5) is 5.95 Å². The molecule has 1 saturated carbocycles. The zero-order valence-electron chi connectivity index (χ0n) is 13.7. The predicted molar refractivity (Wildman–Crippen MR) is 92.4 cm³/mol. The summed E-state index contributed by atoms with van der Waals surface area (Å²) in [4.78, 5) is 13.0. The average Bonchev–Trinajstić information content (AvgIpc) is 3.23. The first-order valence-corrected chi connectivity index (χ1v) is 8.23. The second-order valence-electron chi connectivity index (χ2n) is 6.29. The van der Waals surface area contributed by atoms with Crippen LogP contribution in [0.3, 0.4) is 0 Å². The molecule has 0 aromatic carbocycles. The fraction of sp³-hybridized carbons (Fsp3) is 0.294. The van der Waals surface area contributed by atoms with Gasteiger partial charge in [0.1, 0.15) is 0 Å². The minimum atomic E-state index is 0.352. The Labute approximate surface area is 143 Å². The first kappa shape index (κ1) is 14.4. The fourth-order valence-corrected chi connectivity index (χ4v) is 3.22. The van der Waals surface area contributed by atoms with Crippen molar-refractivity contribution in [3.05, 3.63) is 43.2 Å². The topological polar surface area (TPSA) is 81.6 Å². The summed E-state index contributed by atoms with van der Waals surface area (Å²) >= 11 is 0. The van der Waals surface area contributed by atoms with Crippen molar-refractivity contribution in [3.8, 4) is 11.1 Å². The van der Waals surface area contributed by atoms with E-state index in [0.717, 1.165) is 29.5 Å². The molecule has 0 spiro atoms. The molecule has 1 fully saturated rings. The van der Waals surface area contributed by atoms with Gasteiger partial charge in [0.05, 0.1) is 17.8 Å². The average molecular weight is 335 g/mol. The third-order valence-corrected chi connectivity index (χ3v) is 4.73. The number of nitrogens with one attached hydrogen (secondary N) is 1. The number of aromatic nitrogens is 6. The number of hydrogen-bond donors (Lipinski definition) is 1. The van der Waals surface area contributed by atoms with Crippen molar-refractivity contribution in [2.75, 3.05) is 12.4 Å². The largest absolute Gasteiger partial charge is 0.381 e. The van der Waals surface area contributed by atoms with E-state index in [4.69, 9.17) is 4.74 Å². The van der Waals surface area contributed by atoms with Crippen LogP contribution in [0.15, 0.2) is 43.2 Å². The van der Waals surface area contributed by atoms with Crippen molar-refractivity contribution in [1.82, 2.24) is 29.0 Å². The van der Waals surface area contributed by atoms with Gasteiger partial charge in [-0.1, -0.05) is 0 Å². The third kappa shape index (κ3) is 2.42. The lowest BCUT2D eigenvalue weighted by Gasteiger charge is -2.34. The molecular weight excluding hydrogens is 318 g/mol. The maximum Gasteiger partial charge on any atom is 0.241 e. The standard InChI is InChI=1S/C17H17N7O/c1-25-13-6-12(7-13)21-16-19-9-15-14(2-4-24(15)22-16)11-8-20-17-18-3-5-23(17)10-11/h2-5,8-10,12-13H,6-7H2,1H3,(H,21,22). The molecule has 4 aromatic rings. The van der Waals surface area contributed by atoms with Crippen LogP contribution in [0, 0.1) is 0 Å². The molecule has 126 valence electrons. The quantitative estimate of drug-likeness (QED) is 0.614. The first-order valence-electron chi connectivity index (χ1n) is 8.23. The molecule has 8 nitrogen and oxygen atoms in total. The van der Waals surface area contributed by atoms with Crippen LogP contribution in [0.1, 0.15) is 12.8 Å². The molecule has 0 radical (unpaired) electrons. The highest BCUT2D eigenvalue weighted by atomic mass is 16.5. The van der Waals surface area contributed by atoms with Crippen LogP contribution in [-0.2, 0) is 4.74 Å². The van der Waals surface area contributed by atoms with Crippen LogP contribution >= 0.6 is 0 Å². The molecule has 0 amide bonds. The van der Waals surface area contributed by atoms with E-state index in [-0.39, 0.29) is 0 Å². The lowest BCUT2D eigenvalue weighted by atomic mass is 9.89. The van der Waals surface area contributed by atoms with Crippen LogP contribution in [0.5, 0.6) is 0 Å². The Morgan fingerprint density at radius 3 is 2.96 bits per heavy atom. The highest BCUT2D eigenvalue weighted by Crippen LogP contribution is 2.27. The molecule has 25 heavy (non-hydrogen) atoms. The van der Waals surface area contributed by atoms with Crippen molar-refractivity contribution in [3.63, 3.8) is 0 Å². The van der Waals surface area contributed by atoms with Gasteiger partial charge in [-0.25, -0.2) is 19.5 Å². The van der Waals surface area contributed by atoms with E-state index in [0.29, 0.717) is 23.9 Å². The molecule has 4 heterocycles. The highest BCUT2D eigenvalue weighted by molar-refractivity contribution is 5.79. The fourth-order valence-electron chi connectivity index (χ4n) is 3.22. The molecule has 0 saturated heterocycles. The van der Waals surface area contributed by atoms with E-state index in [1.807, 2.05) is 46.0 Å². The van der Waals surface area contributed by atoms with E-state index >= 15 is 0 Å². The summed E-state index contributed by atoms with van der Waals surface area (Å²) in [7, 11) is 1.75. The molecule has 0 aliphatic heterocycles. The Balaban J connectivity index is 1.45. The lowest BCUT2D eigenvalue weighted by Crippen LogP contribution is -2.40. The second-order valence-corrected chi connectivity index (χ2v) is 6.29. The number of anilines is 1. The molecule has 1 aliphatic carbocycles. The van der Waals surface area contributed by atoms with Gasteiger partial charge in [0.25, 0.3) is 0 Å². The van der Waals surface area contributed by atoms with E-state index in [1.165, 1.54) is 0 Å². The molecule has 8 heteroatoms. The van der Waals surface area contributed by atoms with E-state index in [9.17, 15) is 0 Å². The maximum atomic E-state index is 5.30. The molecule has 1 aliphatic rings. The third-order valence-electron chi connectivity index (χ3n) is 4.73. The number of nitrogens with zero attached hydrogens (tertiary/aromatic N) is 6. The molecule has 4 aromatic heterocycles. The summed E-state index contributed by atoms with van der Waals surface area (Å²) < 4.78 is 9.05. The molecule has 0 atom stereocenters. The monoisotopic (exact) mass is 335 g/mol. The SMILES string of the molecule is COC1CC(Nc2ncc3c(-c4cnc5nccn5c4)ccn3n2)C1. The summed E-state index contributed by atoms with van der Waals surface area (Å²) in [5, 5.41) is 7.92. The van der Waals surface area contributed by atoms with Crippen LogP contribution in [-0.4, -0.2) is 48.2 Å². The minimum Gasteiger partial charge on any atom is -0.381 e. The highest BCUT2D eigenvalue weighted by Gasteiger charge is 2.29. The Kier molecular flexibility index (Phi) is 3.17. The normalized spacial score (nSPS) is 20.0. The van der Waals surface area contributed by atoms with Crippen molar-refractivity contribution in [2.24, 2.45) is 0 Å². The lowest BCUT2D eigenvalue weighted by molar-refractivity contribution is 0.0326. The molecule has 0 bridgehead atoms. The Morgan fingerprint density at radius 2 is 2.08 bits per heavy atom. The zero-order valence-corrected chi connectivity index (χ0v) is 13.7. The van der Waals surface area contributed by atoms with Crippen molar-refractivity contribution < 1.29 is 4.74 Å². The van der Waals surface area contributed by atoms with Crippen LogP contribution in [0.2, 0.25) is 0 Å². The van der Waals surface area contributed by atoms with Crippen molar-refractivity contribution in [2.45, 2.75) is 25.0 Å². The number of fused-ring (bicyclic) bond motifs is 2. The minimum absolute atomic E-state index is 0.352. The summed E-state index contributed by atoms with van der Waals surface area (Å²) in [5.74, 6) is 1.32. The van der Waals surface area contributed by atoms with E-state index < -0.39 is 0 Å². The van der Waals surface area contributed by atoms with Gasteiger partial charge in [-0.15, -0.1) is 5.10 Å². The molecule has 5 rings (SSSR count). The van der Waals surface area contributed by atoms with Crippen molar-refractivity contribution >= 4 is 17.2 Å². The Hall–Kier alpha value is -3.00. The Bertz CT molecular complexity index is 1050. The van der Waals surface area contributed by atoms with Gasteiger partial charge in [-0.05, 0) is 18.9 Å². The smallest absolute Gasteiger partial charge is 0.241 e. The Morgan fingerprint density at radius 1 is 1.16 bits per heavy atom. The molecular formula is C17H17N7O. The van der Waals surface area contributed by atoms with Gasteiger partial charge >= 0.3 is 0 Å². The number of rotatable bonds is 4. The first-order chi connectivity index (χ1) is 12.3. The van der Waals surface area contributed by atoms with Crippen molar-refractivity contribution in [1.29, 1.82) is 0 Å². The summed E-state index contributed by atoms with van der Waals surface area (Å²) in [5.41, 5.74) is 2.98. The summed E-state index contributed by atoms with van der Waals surface area (Å²) in [6.45, 7) is 0. The summed E-state index contributed by atoms with van der Waals surface area (Å²) in [6.07, 6.45) is 13.6. The second kappa shape index (κ2) is 5.52. The van der Waals surface area contributed by atoms with E-state index in [2.05, 4.69) is 25.4 Å². The van der Waals surface area contributed by atoms with Gasteiger partial charge in [0.2, 0.25) is 11.7 Å². The molecule has 0 unspecified atom stereocenters. The van der Waals surface area contributed by atoms with Gasteiger partial charge in [0, 0.05) is 55.3 Å². The number of imidazole rings is 1. The number of ether oxygens (including phenoxy) is 1. The predicted octanol–water partition coefficient (Wildman–Crippen LogP) is 2.03. The molecule has 1 N–H and O–H groups in total. The van der Waals surface area contributed by atoms with Gasteiger partial charge in [-0.2, -0.15) is 0 Å². The van der Waals surface area contributed by atoms with Gasteiger partial charge in [-0.3, -0.25) is 4.40 Å². The van der Waals surface area contributed by atoms with Crippen LogP contribution in [0.25, 0.3) is 22.4 Å². The van der Waals surface area contributed by atoms with Crippen LogP contribution < -0.4 is 5.32 Å². The number of hydrogen-bond acceptors (Lipinski definition) is 6. The maximum absolute atomic E-state index is 5.30. The number of methoxy groups -OCH3 is 1. The van der Waals surface area contributed by atoms with Gasteiger partial charge in [0.15, 0.2) is 0 Å².